The molecule has 2 aliphatic heterocycles. The van der Waals surface area contributed by atoms with Gasteiger partial charge >= 0.3 is 0 Å². The first kappa shape index (κ1) is 25.9. The number of nitrogens with zero attached hydrogens (tertiary/aromatic N) is 3. The summed E-state index contributed by atoms with van der Waals surface area (Å²) in [7, 11) is 0. The molecule has 210 valence electrons. The Kier molecular flexibility index (Phi) is 6.75. The van der Waals surface area contributed by atoms with Gasteiger partial charge in [0, 0.05) is 29.5 Å². The molecule has 40 heavy (non-hydrogen) atoms. The smallest absolute Gasteiger partial charge is 0.221 e. The maximum absolute atomic E-state index is 13.9. The standard InChI is InChI=1S/C33H39FN4O2/c1-21(2)31-30(23-6-8-25(34)9-7-23)26-15-24-19-36-38(29-5-3-4-13-39-29)28(24)16-27(26)32(37-31)40-14-10-22-17-33(18-22)11-12-35-20-33/h6-9,15-16,19,21-22,29,35H,3-5,10-14,17-18,20H2,1-2H3. The van der Waals surface area contributed by atoms with Crippen LogP contribution in [0.2, 0.25) is 0 Å². The third kappa shape index (κ3) is 4.67. The van der Waals surface area contributed by atoms with Gasteiger partial charge < -0.3 is 14.8 Å². The fourth-order valence-electron chi connectivity index (χ4n) is 7.27. The lowest BCUT2D eigenvalue weighted by molar-refractivity contribution is -0.0366. The van der Waals surface area contributed by atoms with Gasteiger partial charge in [-0.1, -0.05) is 26.0 Å². The molecule has 4 aromatic rings. The zero-order chi connectivity index (χ0) is 27.3. The summed E-state index contributed by atoms with van der Waals surface area (Å²) >= 11 is 0. The Morgan fingerprint density at radius 2 is 2.00 bits per heavy atom. The Bertz CT molecular complexity index is 1510. The molecule has 3 aliphatic rings. The van der Waals surface area contributed by atoms with Crippen LogP contribution in [0.3, 0.4) is 0 Å². The average molecular weight is 543 g/mol. The predicted molar refractivity (Wildman–Crippen MR) is 156 cm³/mol. The Morgan fingerprint density at radius 1 is 1.15 bits per heavy atom. The van der Waals surface area contributed by atoms with Gasteiger partial charge in [0.15, 0.2) is 6.23 Å². The first-order valence-corrected chi connectivity index (χ1v) is 15.1. The number of ether oxygens (including phenoxy) is 2. The molecular formula is C33H39FN4O2. The van der Waals surface area contributed by atoms with Gasteiger partial charge in [-0.15, -0.1) is 0 Å². The summed E-state index contributed by atoms with van der Waals surface area (Å²) in [6.07, 6.45) is 10.1. The third-order valence-electron chi connectivity index (χ3n) is 9.36. The average Bonchev–Trinajstić information content (AvgIpc) is 3.60. The molecule has 0 radical (unpaired) electrons. The largest absolute Gasteiger partial charge is 0.477 e. The van der Waals surface area contributed by atoms with Crippen molar-refractivity contribution in [1.29, 1.82) is 0 Å². The summed E-state index contributed by atoms with van der Waals surface area (Å²) in [6, 6.07) is 11.1. The van der Waals surface area contributed by atoms with Gasteiger partial charge in [0.1, 0.15) is 5.82 Å². The van der Waals surface area contributed by atoms with Crippen LogP contribution in [0.15, 0.2) is 42.6 Å². The van der Waals surface area contributed by atoms with Crippen LogP contribution < -0.4 is 10.1 Å². The second-order valence-corrected chi connectivity index (χ2v) is 12.5. The van der Waals surface area contributed by atoms with Crippen LogP contribution in [0.4, 0.5) is 4.39 Å². The Balaban J connectivity index is 1.29. The van der Waals surface area contributed by atoms with Gasteiger partial charge in [-0.25, -0.2) is 14.1 Å². The highest BCUT2D eigenvalue weighted by atomic mass is 19.1. The number of halogens is 1. The highest BCUT2D eigenvalue weighted by Gasteiger charge is 2.45. The van der Waals surface area contributed by atoms with Crippen LogP contribution in [0.1, 0.15) is 76.6 Å². The molecule has 1 unspecified atom stereocenters. The number of hydrogen-bond donors (Lipinski definition) is 1. The van der Waals surface area contributed by atoms with Crippen LogP contribution in [0.5, 0.6) is 5.88 Å². The van der Waals surface area contributed by atoms with Crippen LogP contribution in [-0.4, -0.2) is 41.1 Å². The topological polar surface area (TPSA) is 61.2 Å². The molecule has 2 aromatic carbocycles. The van der Waals surface area contributed by atoms with Crippen molar-refractivity contribution in [3.63, 3.8) is 0 Å². The molecule has 1 spiro atoms. The van der Waals surface area contributed by atoms with Crippen LogP contribution in [0, 0.1) is 17.2 Å². The molecule has 3 fully saturated rings. The van der Waals surface area contributed by atoms with Gasteiger partial charge in [0.25, 0.3) is 0 Å². The highest BCUT2D eigenvalue weighted by molar-refractivity contribution is 6.06. The number of fused-ring (bicyclic) bond motifs is 2. The lowest BCUT2D eigenvalue weighted by atomic mass is 9.61. The second kappa shape index (κ2) is 10.4. The maximum Gasteiger partial charge on any atom is 0.221 e. The van der Waals surface area contributed by atoms with E-state index >= 15 is 0 Å². The summed E-state index contributed by atoms with van der Waals surface area (Å²) in [5.74, 6) is 1.34. The second-order valence-electron chi connectivity index (χ2n) is 12.5. The maximum atomic E-state index is 13.9. The number of nitrogens with one attached hydrogen (secondary N) is 1. The van der Waals surface area contributed by atoms with Gasteiger partial charge in [-0.3, -0.25) is 0 Å². The summed E-state index contributed by atoms with van der Waals surface area (Å²) < 4.78 is 28.6. The summed E-state index contributed by atoms with van der Waals surface area (Å²) in [6.45, 7) is 8.08. The van der Waals surface area contributed by atoms with Gasteiger partial charge in [-0.2, -0.15) is 5.10 Å². The van der Waals surface area contributed by atoms with Crippen molar-refractivity contribution in [2.24, 2.45) is 11.3 Å². The van der Waals surface area contributed by atoms with Crippen LogP contribution in [-0.2, 0) is 4.74 Å². The third-order valence-corrected chi connectivity index (χ3v) is 9.36. The van der Waals surface area contributed by atoms with E-state index in [1.165, 1.54) is 37.9 Å². The zero-order valence-electron chi connectivity index (χ0n) is 23.6. The lowest BCUT2D eigenvalue weighted by Crippen LogP contribution is -2.39. The lowest BCUT2D eigenvalue weighted by Gasteiger charge is -2.45. The van der Waals surface area contributed by atoms with E-state index in [1.54, 1.807) is 0 Å². The highest BCUT2D eigenvalue weighted by Crippen LogP contribution is 2.51. The fourth-order valence-corrected chi connectivity index (χ4v) is 7.27. The SMILES string of the molecule is CC(C)c1nc(OCCC2CC3(CCNC3)C2)c2cc3c(cnn3C3CCCCO3)cc2c1-c1ccc(F)cc1. The number of hydrogen-bond acceptors (Lipinski definition) is 5. The molecule has 1 atom stereocenters. The molecule has 6 nitrogen and oxygen atoms in total. The minimum absolute atomic E-state index is 0.0523. The summed E-state index contributed by atoms with van der Waals surface area (Å²) in [4.78, 5) is 5.16. The molecule has 2 saturated heterocycles. The van der Waals surface area contributed by atoms with Gasteiger partial charge in [0.2, 0.25) is 5.88 Å². The number of benzene rings is 2. The molecular weight excluding hydrogens is 503 g/mol. The van der Waals surface area contributed by atoms with E-state index in [1.807, 2.05) is 23.0 Å². The molecule has 7 heteroatoms. The Hall–Kier alpha value is -3.03. The van der Waals surface area contributed by atoms with Crippen LogP contribution in [0.25, 0.3) is 32.8 Å². The van der Waals surface area contributed by atoms with Crippen molar-refractivity contribution in [3.05, 3.63) is 54.1 Å². The van der Waals surface area contributed by atoms with Crippen LogP contribution >= 0.6 is 0 Å². The van der Waals surface area contributed by atoms with Crippen molar-refractivity contribution >= 4 is 21.7 Å². The molecule has 1 aliphatic carbocycles. The van der Waals surface area contributed by atoms with E-state index in [4.69, 9.17) is 19.6 Å². The van der Waals surface area contributed by atoms with Gasteiger partial charge in [0.05, 0.1) is 24.0 Å². The normalized spacial score (nSPS) is 24.8. The quantitative estimate of drug-likeness (QED) is 0.264. The minimum atomic E-state index is -0.241. The number of rotatable bonds is 7. The van der Waals surface area contributed by atoms with Crippen molar-refractivity contribution in [2.75, 3.05) is 26.3 Å². The van der Waals surface area contributed by atoms with E-state index in [0.29, 0.717) is 17.9 Å². The molecule has 1 saturated carbocycles. The number of aromatic nitrogens is 3. The summed E-state index contributed by atoms with van der Waals surface area (Å²) in [5.41, 5.74) is 4.54. The van der Waals surface area contributed by atoms with E-state index in [0.717, 1.165) is 83.2 Å². The molecule has 0 amide bonds. The molecule has 7 rings (SSSR count). The monoisotopic (exact) mass is 542 g/mol. The summed E-state index contributed by atoms with van der Waals surface area (Å²) in [5, 5.41) is 11.4. The minimum Gasteiger partial charge on any atom is -0.477 e. The Morgan fingerprint density at radius 3 is 2.73 bits per heavy atom. The molecule has 2 aromatic heterocycles. The number of pyridine rings is 1. The molecule has 0 bridgehead atoms. The van der Waals surface area contributed by atoms with Gasteiger partial charge in [-0.05, 0) is 104 Å². The fraction of sp³-hybridized carbons (Fsp3) is 0.515. The zero-order valence-corrected chi connectivity index (χ0v) is 23.6. The van der Waals surface area contributed by atoms with Crippen molar-refractivity contribution in [1.82, 2.24) is 20.1 Å². The van der Waals surface area contributed by atoms with E-state index in [9.17, 15) is 4.39 Å². The van der Waals surface area contributed by atoms with Crippen molar-refractivity contribution in [3.8, 4) is 17.0 Å². The van der Waals surface area contributed by atoms with E-state index in [-0.39, 0.29) is 18.0 Å². The van der Waals surface area contributed by atoms with E-state index in [2.05, 4.69) is 31.3 Å². The predicted octanol–water partition coefficient (Wildman–Crippen LogP) is 7.37. The van der Waals surface area contributed by atoms with Crippen molar-refractivity contribution in [2.45, 2.75) is 70.9 Å². The molecule has 1 N–H and O–H groups in total. The molecule has 4 heterocycles. The van der Waals surface area contributed by atoms with Crippen molar-refractivity contribution < 1.29 is 13.9 Å². The first-order chi connectivity index (χ1) is 19.5. The first-order valence-electron chi connectivity index (χ1n) is 15.1. The van der Waals surface area contributed by atoms with E-state index < -0.39 is 0 Å². The Labute approximate surface area is 235 Å².